The van der Waals surface area contributed by atoms with Gasteiger partial charge < -0.3 is 4.74 Å². The van der Waals surface area contributed by atoms with Gasteiger partial charge in [-0.3, -0.25) is 0 Å². The van der Waals surface area contributed by atoms with Gasteiger partial charge >= 0.3 is 0 Å². The van der Waals surface area contributed by atoms with Crippen molar-refractivity contribution in [1.29, 1.82) is 0 Å². The lowest BCUT2D eigenvalue weighted by atomic mass is 9.64. The molecule has 25 heavy (non-hydrogen) atoms. The molecule has 1 nitrogen and oxygen atoms in total. The van der Waals surface area contributed by atoms with Crippen LogP contribution >= 0.6 is 0 Å². The fourth-order valence-electron chi connectivity index (χ4n) is 5.20. The minimum Gasteiger partial charge on any atom is -0.491 e. The molecule has 3 heteroatoms. The van der Waals surface area contributed by atoms with Gasteiger partial charge in [-0.25, -0.2) is 8.78 Å². The molecule has 134 valence electrons. The molecule has 2 aliphatic carbocycles. The summed E-state index contributed by atoms with van der Waals surface area (Å²) in [5.41, 5.74) is 1.23. The van der Waals surface area contributed by atoms with Crippen LogP contribution in [0, 0.1) is 29.4 Å². The van der Waals surface area contributed by atoms with Crippen molar-refractivity contribution in [2.45, 2.75) is 51.4 Å². The highest BCUT2D eigenvalue weighted by Crippen LogP contribution is 2.47. The zero-order chi connectivity index (χ0) is 17.6. The number of ether oxygens (including phenoxy) is 1. The third-order valence-electron chi connectivity index (χ3n) is 6.56. The summed E-state index contributed by atoms with van der Waals surface area (Å²) < 4.78 is 33.3. The van der Waals surface area contributed by atoms with E-state index in [1.165, 1.54) is 57.3 Å². The van der Waals surface area contributed by atoms with Gasteiger partial charge in [0.1, 0.15) is 0 Å². The van der Waals surface area contributed by atoms with Crippen molar-refractivity contribution in [1.82, 2.24) is 0 Å². The van der Waals surface area contributed by atoms with Gasteiger partial charge in [0, 0.05) is 5.39 Å². The first kappa shape index (κ1) is 16.8. The first-order chi connectivity index (χ1) is 12.1. The van der Waals surface area contributed by atoms with Gasteiger partial charge in [0.05, 0.1) is 7.11 Å². The number of benzene rings is 2. The highest BCUT2D eigenvalue weighted by atomic mass is 19.1. The Morgan fingerprint density at radius 2 is 1.72 bits per heavy atom. The van der Waals surface area contributed by atoms with E-state index in [0.29, 0.717) is 16.7 Å². The highest BCUT2D eigenvalue weighted by molar-refractivity contribution is 5.85. The lowest BCUT2D eigenvalue weighted by Gasteiger charge is -2.41. The van der Waals surface area contributed by atoms with E-state index in [0.717, 1.165) is 17.8 Å². The standard InChI is InChI=1S/C22H26F2O/c1-13-3-4-15-10-16(6-5-14(15)9-13)17-7-8-19-18(11-17)12-20(23)22(25-2)21(19)24/h7-8,11-16H,3-6,9-10H2,1-2H3. The van der Waals surface area contributed by atoms with Crippen molar-refractivity contribution < 1.29 is 13.5 Å². The largest absolute Gasteiger partial charge is 0.491 e. The summed E-state index contributed by atoms with van der Waals surface area (Å²) in [6.07, 6.45) is 7.79. The summed E-state index contributed by atoms with van der Waals surface area (Å²) in [5, 5.41) is 1.06. The normalized spacial score (nSPS) is 29.4. The SMILES string of the molecule is COc1c(F)cc2cc(C3CCC4CC(C)CCC4C3)ccc2c1F. The molecule has 2 fully saturated rings. The third kappa shape index (κ3) is 3.02. The van der Waals surface area contributed by atoms with Crippen LogP contribution < -0.4 is 4.74 Å². The molecule has 0 saturated heterocycles. The van der Waals surface area contributed by atoms with Crippen LogP contribution in [0.2, 0.25) is 0 Å². The van der Waals surface area contributed by atoms with Gasteiger partial charge in [-0.2, -0.15) is 0 Å². The van der Waals surface area contributed by atoms with Crippen LogP contribution in [0.4, 0.5) is 8.78 Å². The van der Waals surface area contributed by atoms with Gasteiger partial charge in [0.2, 0.25) is 0 Å². The number of methoxy groups -OCH3 is 1. The van der Waals surface area contributed by atoms with E-state index in [1.54, 1.807) is 6.07 Å². The third-order valence-corrected chi connectivity index (χ3v) is 6.56. The molecule has 0 bridgehead atoms. The fraction of sp³-hybridized carbons (Fsp3) is 0.545. The highest BCUT2D eigenvalue weighted by Gasteiger charge is 2.34. The van der Waals surface area contributed by atoms with E-state index in [1.807, 2.05) is 12.1 Å². The van der Waals surface area contributed by atoms with E-state index in [-0.39, 0.29) is 5.75 Å². The lowest BCUT2D eigenvalue weighted by molar-refractivity contribution is 0.124. The van der Waals surface area contributed by atoms with E-state index >= 15 is 0 Å². The van der Waals surface area contributed by atoms with E-state index in [9.17, 15) is 8.78 Å². The Morgan fingerprint density at radius 1 is 0.960 bits per heavy atom. The van der Waals surface area contributed by atoms with Crippen LogP contribution in [0.3, 0.4) is 0 Å². The Labute approximate surface area is 148 Å². The molecule has 0 aliphatic heterocycles. The van der Waals surface area contributed by atoms with E-state index in [4.69, 9.17) is 4.74 Å². The Hall–Kier alpha value is -1.64. The first-order valence-corrected chi connectivity index (χ1v) is 9.52. The predicted octanol–water partition coefficient (Wildman–Crippen LogP) is 6.45. The maximum absolute atomic E-state index is 14.4. The Balaban J connectivity index is 1.62. The number of hydrogen-bond donors (Lipinski definition) is 0. The Morgan fingerprint density at radius 3 is 2.52 bits per heavy atom. The molecule has 2 aromatic rings. The number of fused-ring (bicyclic) bond motifs is 2. The van der Waals surface area contributed by atoms with E-state index < -0.39 is 11.6 Å². The summed E-state index contributed by atoms with van der Waals surface area (Å²) in [7, 11) is 1.30. The maximum atomic E-state index is 14.4. The Bertz CT molecular complexity index is 785. The average Bonchev–Trinajstić information content (AvgIpc) is 2.61. The summed E-state index contributed by atoms with van der Waals surface area (Å²) in [6.45, 7) is 2.38. The monoisotopic (exact) mass is 344 g/mol. The molecule has 2 saturated carbocycles. The van der Waals surface area contributed by atoms with Crippen LogP contribution in [0.5, 0.6) is 5.75 Å². The van der Waals surface area contributed by atoms with E-state index in [2.05, 4.69) is 6.92 Å². The minimum atomic E-state index is -0.630. The summed E-state index contributed by atoms with van der Waals surface area (Å²) >= 11 is 0. The second-order valence-electron chi connectivity index (χ2n) is 8.13. The second kappa shape index (κ2) is 6.59. The molecule has 4 unspecified atom stereocenters. The van der Waals surface area contributed by atoms with Crippen molar-refractivity contribution in [3.8, 4) is 5.75 Å². The molecule has 2 aliphatic rings. The molecular formula is C22H26F2O. The Kier molecular flexibility index (Phi) is 4.43. The topological polar surface area (TPSA) is 9.23 Å². The van der Waals surface area contributed by atoms with Gasteiger partial charge in [-0.05, 0) is 72.8 Å². The quantitative estimate of drug-likeness (QED) is 0.608. The zero-order valence-corrected chi connectivity index (χ0v) is 15.0. The van der Waals surface area contributed by atoms with Crippen LogP contribution in [0.1, 0.15) is 56.9 Å². The van der Waals surface area contributed by atoms with Gasteiger partial charge in [-0.15, -0.1) is 0 Å². The van der Waals surface area contributed by atoms with Crippen molar-refractivity contribution >= 4 is 10.8 Å². The minimum absolute atomic E-state index is 0.294. The molecule has 0 radical (unpaired) electrons. The van der Waals surface area contributed by atoms with Gasteiger partial charge in [-0.1, -0.05) is 31.5 Å². The van der Waals surface area contributed by atoms with Crippen molar-refractivity contribution in [2.75, 3.05) is 7.11 Å². The summed E-state index contributed by atoms with van der Waals surface area (Å²) in [5.74, 6) is 1.59. The molecule has 4 atom stereocenters. The molecule has 0 spiro atoms. The average molecular weight is 344 g/mol. The zero-order valence-electron chi connectivity index (χ0n) is 15.0. The van der Waals surface area contributed by atoms with Crippen LogP contribution in [0.25, 0.3) is 10.8 Å². The molecule has 0 amide bonds. The van der Waals surface area contributed by atoms with Crippen LogP contribution in [0.15, 0.2) is 24.3 Å². The number of halogens is 2. The lowest BCUT2D eigenvalue weighted by Crippen LogP contribution is -2.29. The van der Waals surface area contributed by atoms with Gasteiger partial charge in [0.15, 0.2) is 17.4 Å². The smallest absolute Gasteiger partial charge is 0.191 e. The molecule has 0 N–H and O–H groups in total. The number of hydrogen-bond acceptors (Lipinski definition) is 1. The molecule has 4 rings (SSSR count). The summed E-state index contributed by atoms with van der Waals surface area (Å²) in [4.78, 5) is 0. The predicted molar refractivity (Wildman–Crippen MR) is 97.0 cm³/mol. The van der Waals surface area contributed by atoms with Crippen molar-refractivity contribution in [3.05, 3.63) is 41.5 Å². The molecule has 0 aromatic heterocycles. The van der Waals surface area contributed by atoms with Crippen LogP contribution in [-0.2, 0) is 0 Å². The number of rotatable bonds is 2. The summed E-state index contributed by atoms with van der Waals surface area (Å²) in [6, 6.07) is 7.20. The van der Waals surface area contributed by atoms with Gasteiger partial charge in [0.25, 0.3) is 0 Å². The fourth-order valence-corrected chi connectivity index (χ4v) is 5.20. The second-order valence-corrected chi connectivity index (χ2v) is 8.13. The maximum Gasteiger partial charge on any atom is 0.191 e. The molecular weight excluding hydrogens is 318 g/mol. The van der Waals surface area contributed by atoms with Crippen molar-refractivity contribution in [2.24, 2.45) is 17.8 Å². The molecule has 0 heterocycles. The van der Waals surface area contributed by atoms with Crippen LogP contribution in [-0.4, -0.2) is 7.11 Å². The first-order valence-electron chi connectivity index (χ1n) is 9.52. The van der Waals surface area contributed by atoms with Crippen molar-refractivity contribution in [3.63, 3.8) is 0 Å². The molecule has 2 aromatic carbocycles.